The van der Waals surface area contributed by atoms with Crippen molar-refractivity contribution >= 4 is 11.0 Å². The second-order valence-corrected chi connectivity index (χ2v) is 5.06. The van der Waals surface area contributed by atoms with Gasteiger partial charge in [-0.15, -0.1) is 0 Å². The van der Waals surface area contributed by atoms with Crippen molar-refractivity contribution in [2.24, 2.45) is 0 Å². The van der Waals surface area contributed by atoms with Gasteiger partial charge in [0.05, 0.1) is 6.61 Å². The fraction of sp³-hybridized carbons (Fsp3) is 0.211. The number of ether oxygens (including phenoxy) is 3. The Morgan fingerprint density at radius 3 is 2.08 bits per heavy atom. The summed E-state index contributed by atoms with van der Waals surface area (Å²) in [5.74, 6) is 2.21. The largest absolute Gasteiger partial charge is 0.494 e. The van der Waals surface area contributed by atoms with Crippen molar-refractivity contribution in [3.05, 3.63) is 65.0 Å². The van der Waals surface area contributed by atoms with Crippen molar-refractivity contribution in [2.75, 3.05) is 19.8 Å². The van der Waals surface area contributed by atoms with Gasteiger partial charge < -0.3 is 18.6 Å². The molecule has 0 N–H and O–H groups in total. The highest BCUT2D eigenvalue weighted by molar-refractivity contribution is 5.77. The second-order valence-electron chi connectivity index (χ2n) is 5.06. The summed E-state index contributed by atoms with van der Waals surface area (Å²) >= 11 is 0. The van der Waals surface area contributed by atoms with E-state index in [2.05, 4.69) is 0 Å². The van der Waals surface area contributed by atoms with E-state index in [9.17, 15) is 4.79 Å². The monoisotopic (exact) mass is 326 g/mol. The van der Waals surface area contributed by atoms with Gasteiger partial charge in [-0.2, -0.15) is 0 Å². The minimum Gasteiger partial charge on any atom is -0.494 e. The van der Waals surface area contributed by atoms with Crippen LogP contribution in [-0.2, 0) is 0 Å². The van der Waals surface area contributed by atoms with Gasteiger partial charge in [0, 0.05) is 17.5 Å². The number of benzene rings is 2. The van der Waals surface area contributed by atoms with Crippen LogP contribution in [0.25, 0.3) is 11.0 Å². The highest BCUT2D eigenvalue weighted by atomic mass is 16.5. The van der Waals surface area contributed by atoms with Crippen molar-refractivity contribution in [1.29, 1.82) is 0 Å². The SMILES string of the molecule is CCOc1ccc(OCCOc2ccc3ccc(=O)oc3c2)cc1. The van der Waals surface area contributed by atoms with Gasteiger partial charge in [-0.1, -0.05) is 0 Å². The maximum Gasteiger partial charge on any atom is 0.336 e. The molecule has 1 heterocycles. The molecule has 0 atom stereocenters. The molecule has 0 unspecified atom stereocenters. The lowest BCUT2D eigenvalue weighted by Crippen LogP contribution is -2.09. The van der Waals surface area contributed by atoms with Crippen molar-refractivity contribution < 1.29 is 18.6 Å². The molecule has 0 spiro atoms. The molecule has 0 amide bonds. The van der Waals surface area contributed by atoms with Crippen LogP contribution in [0, 0.1) is 0 Å². The maximum absolute atomic E-state index is 11.2. The number of hydrogen-bond donors (Lipinski definition) is 0. The van der Waals surface area contributed by atoms with Crippen LogP contribution in [0.4, 0.5) is 0 Å². The van der Waals surface area contributed by atoms with Gasteiger partial charge in [0.15, 0.2) is 0 Å². The number of rotatable bonds is 7. The van der Waals surface area contributed by atoms with Crippen LogP contribution in [0.2, 0.25) is 0 Å². The molecule has 0 fully saturated rings. The lowest BCUT2D eigenvalue weighted by Gasteiger charge is -2.09. The predicted octanol–water partition coefficient (Wildman–Crippen LogP) is 3.65. The molecule has 3 aromatic rings. The maximum atomic E-state index is 11.2. The fourth-order valence-electron chi connectivity index (χ4n) is 2.25. The Labute approximate surface area is 139 Å². The van der Waals surface area contributed by atoms with Crippen molar-refractivity contribution in [3.63, 3.8) is 0 Å². The first-order valence-corrected chi connectivity index (χ1v) is 7.77. The van der Waals surface area contributed by atoms with Gasteiger partial charge in [0.25, 0.3) is 0 Å². The standard InChI is InChI=1S/C19H18O5/c1-2-21-15-6-8-16(9-7-15)22-11-12-23-17-5-3-14-4-10-19(20)24-18(14)13-17/h3-10,13H,2,11-12H2,1H3. The molecule has 5 heteroatoms. The Kier molecular flexibility index (Phi) is 5.01. The lowest BCUT2D eigenvalue weighted by molar-refractivity contribution is 0.217. The summed E-state index contributed by atoms with van der Waals surface area (Å²) in [7, 11) is 0. The fourth-order valence-corrected chi connectivity index (χ4v) is 2.25. The molecule has 2 aromatic carbocycles. The third kappa shape index (κ3) is 4.07. The molecule has 5 nitrogen and oxygen atoms in total. The van der Waals surface area contributed by atoms with E-state index in [1.165, 1.54) is 6.07 Å². The molecule has 0 aliphatic heterocycles. The third-order valence-corrected chi connectivity index (χ3v) is 3.35. The Hall–Kier alpha value is -2.95. The van der Waals surface area contributed by atoms with Gasteiger partial charge in [-0.25, -0.2) is 4.79 Å². The van der Waals surface area contributed by atoms with E-state index in [1.54, 1.807) is 12.1 Å². The molecule has 0 radical (unpaired) electrons. The third-order valence-electron chi connectivity index (χ3n) is 3.35. The average molecular weight is 326 g/mol. The zero-order chi connectivity index (χ0) is 16.8. The van der Waals surface area contributed by atoms with E-state index in [-0.39, 0.29) is 5.63 Å². The molecule has 0 aliphatic rings. The molecule has 24 heavy (non-hydrogen) atoms. The summed E-state index contributed by atoms with van der Waals surface area (Å²) in [6.07, 6.45) is 0. The zero-order valence-corrected chi connectivity index (χ0v) is 13.4. The van der Waals surface area contributed by atoms with Gasteiger partial charge in [0.1, 0.15) is 36.0 Å². The first-order valence-electron chi connectivity index (χ1n) is 7.77. The van der Waals surface area contributed by atoms with Crippen molar-refractivity contribution in [2.45, 2.75) is 6.92 Å². The van der Waals surface area contributed by atoms with Gasteiger partial charge in [-0.3, -0.25) is 0 Å². The van der Waals surface area contributed by atoms with Crippen LogP contribution in [0.15, 0.2) is 63.8 Å². The first kappa shape index (κ1) is 15.9. The van der Waals surface area contributed by atoms with E-state index < -0.39 is 0 Å². The normalized spacial score (nSPS) is 10.5. The van der Waals surface area contributed by atoms with Gasteiger partial charge in [0.2, 0.25) is 0 Å². The molecule has 0 aliphatic carbocycles. The molecule has 0 saturated carbocycles. The Morgan fingerprint density at radius 2 is 1.38 bits per heavy atom. The van der Waals surface area contributed by atoms with Crippen LogP contribution in [-0.4, -0.2) is 19.8 Å². The summed E-state index contributed by atoms with van der Waals surface area (Å²) < 4.78 is 21.7. The molecule has 0 bridgehead atoms. The van der Waals surface area contributed by atoms with Crippen LogP contribution >= 0.6 is 0 Å². The van der Waals surface area contributed by atoms with E-state index in [1.807, 2.05) is 43.3 Å². The molecular formula is C19H18O5. The summed E-state index contributed by atoms with van der Waals surface area (Å²) in [5, 5.41) is 0.854. The summed E-state index contributed by atoms with van der Waals surface area (Å²) in [6, 6.07) is 15.9. The van der Waals surface area contributed by atoms with Gasteiger partial charge >= 0.3 is 5.63 Å². The van der Waals surface area contributed by atoms with Crippen LogP contribution in [0.1, 0.15) is 6.92 Å². The summed E-state index contributed by atoms with van der Waals surface area (Å²) in [5.41, 5.74) is 0.130. The van der Waals surface area contributed by atoms with E-state index in [4.69, 9.17) is 18.6 Å². The van der Waals surface area contributed by atoms with E-state index in [0.717, 1.165) is 16.9 Å². The van der Waals surface area contributed by atoms with E-state index >= 15 is 0 Å². The zero-order valence-electron chi connectivity index (χ0n) is 13.4. The molecule has 1 aromatic heterocycles. The van der Waals surface area contributed by atoms with E-state index in [0.29, 0.717) is 31.2 Å². The first-order chi connectivity index (χ1) is 11.7. The van der Waals surface area contributed by atoms with Crippen LogP contribution < -0.4 is 19.8 Å². The predicted molar refractivity (Wildman–Crippen MR) is 91.1 cm³/mol. The number of fused-ring (bicyclic) bond motifs is 1. The minimum absolute atomic E-state index is 0.376. The average Bonchev–Trinajstić information content (AvgIpc) is 2.60. The summed E-state index contributed by atoms with van der Waals surface area (Å²) in [4.78, 5) is 11.2. The summed E-state index contributed by atoms with van der Waals surface area (Å²) in [6.45, 7) is 3.38. The Balaban J connectivity index is 1.52. The molecule has 3 rings (SSSR count). The minimum atomic E-state index is -0.376. The van der Waals surface area contributed by atoms with Crippen LogP contribution in [0.5, 0.6) is 17.2 Å². The molecule has 0 saturated heterocycles. The molecular weight excluding hydrogens is 308 g/mol. The van der Waals surface area contributed by atoms with Crippen LogP contribution in [0.3, 0.4) is 0 Å². The molecule has 124 valence electrons. The number of hydrogen-bond acceptors (Lipinski definition) is 5. The topological polar surface area (TPSA) is 57.9 Å². The quantitative estimate of drug-likeness (QED) is 0.490. The second kappa shape index (κ2) is 7.55. The smallest absolute Gasteiger partial charge is 0.336 e. The highest BCUT2D eigenvalue weighted by Gasteiger charge is 2.01. The van der Waals surface area contributed by atoms with Gasteiger partial charge in [-0.05, 0) is 49.4 Å². The Bertz CT molecular complexity index is 852. The highest BCUT2D eigenvalue weighted by Crippen LogP contribution is 2.20. The lowest BCUT2D eigenvalue weighted by atomic mass is 10.2. The Morgan fingerprint density at radius 1 is 0.792 bits per heavy atom. The van der Waals surface area contributed by atoms with Crippen molar-refractivity contribution in [3.8, 4) is 17.2 Å². The van der Waals surface area contributed by atoms with Crippen molar-refractivity contribution in [1.82, 2.24) is 0 Å².